The molecule has 0 saturated heterocycles. The topological polar surface area (TPSA) is 102 Å². The molecule has 0 radical (unpaired) electrons. The third-order valence-electron chi connectivity index (χ3n) is 4.79. The van der Waals surface area contributed by atoms with Crippen LogP contribution >= 0.6 is 22.7 Å². The minimum atomic E-state index is -0.506. The van der Waals surface area contributed by atoms with Crippen LogP contribution in [0.2, 0.25) is 0 Å². The van der Waals surface area contributed by atoms with E-state index < -0.39 is 11.6 Å². The van der Waals surface area contributed by atoms with Crippen molar-refractivity contribution < 1.29 is 9.59 Å². The van der Waals surface area contributed by atoms with Gasteiger partial charge in [0.2, 0.25) is 11.8 Å². The summed E-state index contributed by atoms with van der Waals surface area (Å²) in [6.07, 6.45) is 0.566. The van der Waals surface area contributed by atoms with E-state index in [0.29, 0.717) is 28.0 Å². The number of carbonyl (C=O) groups excluding carboxylic acids is 2. The van der Waals surface area contributed by atoms with Crippen LogP contribution in [0.15, 0.2) is 62.8 Å². The van der Waals surface area contributed by atoms with E-state index in [-0.39, 0.29) is 24.6 Å². The van der Waals surface area contributed by atoms with E-state index in [1.54, 1.807) is 47.0 Å². The molecule has 2 N–H and O–H groups in total. The predicted octanol–water partition coefficient (Wildman–Crippen LogP) is 3.13. The Morgan fingerprint density at radius 3 is 2.28 bits per heavy atom. The molecule has 0 spiro atoms. The summed E-state index contributed by atoms with van der Waals surface area (Å²) < 4.78 is 2.99. The van der Waals surface area contributed by atoms with Crippen molar-refractivity contribution in [2.45, 2.75) is 26.4 Å². The van der Waals surface area contributed by atoms with Crippen LogP contribution in [0.5, 0.6) is 0 Å². The van der Waals surface area contributed by atoms with E-state index in [0.717, 1.165) is 4.88 Å². The van der Waals surface area contributed by atoms with Crippen molar-refractivity contribution in [3.63, 3.8) is 0 Å². The Morgan fingerprint density at radius 2 is 1.62 bits per heavy atom. The first-order valence-corrected chi connectivity index (χ1v) is 11.6. The fraction of sp³-hybridized carbons (Fsp3) is 0.182. The van der Waals surface area contributed by atoms with Crippen molar-refractivity contribution >= 4 is 56.1 Å². The van der Waals surface area contributed by atoms with Gasteiger partial charge >= 0.3 is 5.69 Å². The minimum Gasteiger partial charge on any atom is -0.326 e. The minimum absolute atomic E-state index is 0.185. The Balaban J connectivity index is 1.57. The molecule has 4 rings (SSSR count). The van der Waals surface area contributed by atoms with E-state index in [4.69, 9.17) is 0 Å². The summed E-state index contributed by atoms with van der Waals surface area (Å²) in [5.41, 5.74) is 0.762. The number of nitrogens with one attached hydrogen (secondary N) is 2. The van der Waals surface area contributed by atoms with E-state index in [1.165, 1.54) is 27.4 Å². The summed E-state index contributed by atoms with van der Waals surface area (Å²) in [6.45, 7) is 1.44. The van der Waals surface area contributed by atoms with Crippen LogP contribution in [0.4, 0.5) is 11.4 Å². The maximum Gasteiger partial charge on any atom is 0.332 e. The number of thiophene rings is 2. The van der Waals surface area contributed by atoms with Crippen molar-refractivity contribution in [2.75, 3.05) is 10.6 Å². The van der Waals surface area contributed by atoms with Gasteiger partial charge in [0, 0.05) is 29.7 Å². The van der Waals surface area contributed by atoms with Gasteiger partial charge in [0.05, 0.1) is 5.52 Å². The lowest BCUT2D eigenvalue weighted by Gasteiger charge is -2.12. The number of benzene rings is 1. The zero-order chi connectivity index (χ0) is 22.7. The molecule has 10 heteroatoms. The van der Waals surface area contributed by atoms with Gasteiger partial charge < -0.3 is 10.6 Å². The first kappa shape index (κ1) is 21.7. The number of carbonyl (C=O) groups is 2. The van der Waals surface area contributed by atoms with Crippen LogP contribution in [-0.2, 0) is 29.1 Å². The molecule has 0 aliphatic heterocycles. The fourth-order valence-electron chi connectivity index (χ4n) is 3.34. The van der Waals surface area contributed by atoms with Crippen LogP contribution in [-0.4, -0.2) is 20.9 Å². The number of fused-ring (bicyclic) bond motifs is 1. The van der Waals surface area contributed by atoms with Gasteiger partial charge in [-0.25, -0.2) is 4.79 Å². The van der Waals surface area contributed by atoms with Crippen molar-refractivity contribution in [3.8, 4) is 0 Å². The van der Waals surface area contributed by atoms with Crippen LogP contribution in [0.1, 0.15) is 11.8 Å². The SMILES string of the molecule is CC(=O)Nc1ccc(NC(=O)Cn2c(=O)n(CCc3cccs3)c(=O)c3sccc32)cc1. The molecule has 1 aromatic carbocycles. The number of hydrogen-bond acceptors (Lipinski definition) is 6. The molecule has 0 saturated carbocycles. The summed E-state index contributed by atoms with van der Waals surface area (Å²) in [7, 11) is 0. The lowest BCUT2D eigenvalue weighted by Crippen LogP contribution is -2.41. The summed E-state index contributed by atoms with van der Waals surface area (Å²) in [5, 5.41) is 9.10. The fourth-order valence-corrected chi connectivity index (χ4v) is 4.89. The molecule has 4 aromatic rings. The largest absolute Gasteiger partial charge is 0.332 e. The first-order valence-electron chi connectivity index (χ1n) is 9.83. The molecule has 0 fully saturated rings. The molecule has 32 heavy (non-hydrogen) atoms. The quantitative estimate of drug-likeness (QED) is 0.435. The molecule has 8 nitrogen and oxygen atoms in total. The maximum atomic E-state index is 13.1. The van der Waals surface area contributed by atoms with E-state index >= 15 is 0 Å². The van der Waals surface area contributed by atoms with Crippen LogP contribution < -0.4 is 21.9 Å². The van der Waals surface area contributed by atoms with Gasteiger partial charge in [0.1, 0.15) is 11.2 Å². The summed E-state index contributed by atoms with van der Waals surface area (Å²) in [5.74, 6) is -0.578. The monoisotopic (exact) mass is 468 g/mol. The number of nitrogens with zero attached hydrogens (tertiary/aromatic N) is 2. The Labute approximate surface area is 190 Å². The molecule has 0 bridgehead atoms. The van der Waals surface area contributed by atoms with Crippen LogP contribution in [0.25, 0.3) is 10.2 Å². The molecular formula is C22H20N4O4S2. The first-order chi connectivity index (χ1) is 15.4. The van der Waals surface area contributed by atoms with Crippen molar-refractivity contribution in [3.05, 3.63) is 78.9 Å². The average Bonchev–Trinajstić information content (AvgIpc) is 3.44. The number of aryl methyl sites for hydroxylation is 1. The lowest BCUT2D eigenvalue weighted by atomic mass is 10.2. The van der Waals surface area contributed by atoms with Gasteiger partial charge in [0.15, 0.2) is 0 Å². The standard InChI is InChI=1S/C22H20N4O4S2/c1-14(27)23-15-4-6-16(7-5-15)24-19(28)13-26-18-9-12-32-20(18)21(29)25(22(26)30)10-8-17-3-2-11-31-17/h2-7,9,11-12H,8,10,13H2,1H3,(H,23,27)(H,24,28). The molecular weight excluding hydrogens is 448 g/mol. The molecule has 0 aliphatic rings. The molecule has 2 amide bonds. The number of rotatable bonds is 7. The second kappa shape index (κ2) is 9.33. The second-order valence-electron chi connectivity index (χ2n) is 7.10. The molecule has 3 aromatic heterocycles. The Bertz CT molecular complexity index is 1380. The second-order valence-corrected chi connectivity index (χ2v) is 9.04. The molecule has 0 atom stereocenters. The summed E-state index contributed by atoms with van der Waals surface area (Å²) in [6, 6.07) is 12.2. The maximum absolute atomic E-state index is 13.1. The highest BCUT2D eigenvalue weighted by molar-refractivity contribution is 7.17. The Kier molecular flexibility index (Phi) is 6.33. The lowest BCUT2D eigenvalue weighted by molar-refractivity contribution is -0.117. The number of amides is 2. The van der Waals surface area contributed by atoms with Gasteiger partial charge in [0.25, 0.3) is 5.56 Å². The number of aromatic nitrogens is 2. The smallest absolute Gasteiger partial charge is 0.326 e. The van der Waals surface area contributed by atoms with Gasteiger partial charge in [-0.2, -0.15) is 0 Å². The number of hydrogen-bond donors (Lipinski definition) is 2. The summed E-state index contributed by atoms with van der Waals surface area (Å²) >= 11 is 2.83. The van der Waals surface area contributed by atoms with E-state index in [2.05, 4.69) is 10.6 Å². The Hall–Kier alpha value is -3.50. The van der Waals surface area contributed by atoms with Crippen LogP contribution in [0, 0.1) is 0 Å². The predicted molar refractivity (Wildman–Crippen MR) is 128 cm³/mol. The molecule has 164 valence electrons. The van der Waals surface area contributed by atoms with Gasteiger partial charge in [-0.1, -0.05) is 6.07 Å². The zero-order valence-corrected chi connectivity index (χ0v) is 18.8. The zero-order valence-electron chi connectivity index (χ0n) is 17.2. The summed E-state index contributed by atoms with van der Waals surface area (Å²) in [4.78, 5) is 50.8. The third kappa shape index (κ3) is 4.71. The van der Waals surface area contributed by atoms with Crippen LogP contribution in [0.3, 0.4) is 0 Å². The van der Waals surface area contributed by atoms with Gasteiger partial charge in [-0.05, 0) is 53.6 Å². The van der Waals surface area contributed by atoms with Gasteiger partial charge in [-0.15, -0.1) is 22.7 Å². The average molecular weight is 469 g/mol. The van der Waals surface area contributed by atoms with Crippen molar-refractivity contribution in [1.82, 2.24) is 9.13 Å². The highest BCUT2D eigenvalue weighted by atomic mass is 32.1. The normalized spacial score (nSPS) is 10.9. The molecule has 3 heterocycles. The van der Waals surface area contributed by atoms with Crippen molar-refractivity contribution in [2.24, 2.45) is 0 Å². The Morgan fingerprint density at radius 1 is 0.906 bits per heavy atom. The van der Waals surface area contributed by atoms with E-state index in [1.807, 2.05) is 17.5 Å². The van der Waals surface area contributed by atoms with Gasteiger partial charge in [-0.3, -0.25) is 23.5 Å². The van der Waals surface area contributed by atoms with Crippen molar-refractivity contribution in [1.29, 1.82) is 0 Å². The molecule has 0 aliphatic carbocycles. The van der Waals surface area contributed by atoms with E-state index in [9.17, 15) is 19.2 Å². The molecule has 0 unspecified atom stereocenters. The highest BCUT2D eigenvalue weighted by Gasteiger charge is 2.16. The third-order valence-corrected chi connectivity index (χ3v) is 6.62. The number of anilines is 2. The highest BCUT2D eigenvalue weighted by Crippen LogP contribution is 2.17.